The van der Waals surface area contributed by atoms with Crippen LogP contribution in [0, 0.1) is 0 Å². The largest absolute Gasteiger partial charge is 0.493 e. The summed E-state index contributed by atoms with van der Waals surface area (Å²) < 4.78 is 10.9. The van der Waals surface area contributed by atoms with Crippen molar-refractivity contribution in [3.05, 3.63) is 28.8 Å². The van der Waals surface area contributed by atoms with E-state index in [0.717, 1.165) is 39.9 Å². The van der Waals surface area contributed by atoms with E-state index in [0.29, 0.717) is 6.61 Å². The standard InChI is InChI=1S/C15H19NO2S2/c1-4-11-14(9-19)20-15(16-11)10-6-7-12(17-3)13(8-10)18-5-2/h6-8,19H,4-5,9H2,1-3H3. The van der Waals surface area contributed by atoms with E-state index in [1.165, 1.54) is 4.88 Å². The molecule has 0 atom stereocenters. The van der Waals surface area contributed by atoms with Gasteiger partial charge in [0.15, 0.2) is 11.5 Å². The van der Waals surface area contributed by atoms with E-state index in [4.69, 9.17) is 14.5 Å². The second-order valence-electron chi connectivity index (χ2n) is 4.20. The fourth-order valence-corrected chi connectivity index (χ4v) is 3.37. The van der Waals surface area contributed by atoms with Crippen LogP contribution in [0.1, 0.15) is 24.4 Å². The number of aromatic nitrogens is 1. The van der Waals surface area contributed by atoms with Gasteiger partial charge in [0.2, 0.25) is 0 Å². The molecule has 0 unspecified atom stereocenters. The molecule has 5 heteroatoms. The first-order valence-electron chi connectivity index (χ1n) is 6.64. The van der Waals surface area contributed by atoms with Crippen LogP contribution in [0.25, 0.3) is 10.6 Å². The highest BCUT2D eigenvalue weighted by Crippen LogP contribution is 2.35. The molecule has 0 radical (unpaired) electrons. The molecule has 3 nitrogen and oxygen atoms in total. The average Bonchev–Trinajstić information content (AvgIpc) is 2.91. The normalized spacial score (nSPS) is 10.6. The summed E-state index contributed by atoms with van der Waals surface area (Å²) in [7, 11) is 1.65. The van der Waals surface area contributed by atoms with Crippen LogP contribution in [0.2, 0.25) is 0 Å². The van der Waals surface area contributed by atoms with Crippen LogP contribution in [0.15, 0.2) is 18.2 Å². The van der Waals surface area contributed by atoms with Crippen LogP contribution in [-0.2, 0) is 12.2 Å². The third-order valence-corrected chi connectivity index (χ3v) is 4.64. The Hall–Kier alpha value is -1.20. The maximum Gasteiger partial charge on any atom is 0.161 e. The van der Waals surface area contributed by atoms with Gasteiger partial charge in [-0.15, -0.1) is 11.3 Å². The molecule has 0 amide bonds. The summed E-state index contributed by atoms with van der Waals surface area (Å²) in [6.45, 7) is 4.69. The van der Waals surface area contributed by atoms with Gasteiger partial charge in [0.25, 0.3) is 0 Å². The molecule has 0 spiro atoms. The molecule has 2 rings (SSSR count). The SMILES string of the molecule is CCOc1cc(-c2nc(CC)c(CS)s2)ccc1OC. The van der Waals surface area contributed by atoms with Crippen molar-refractivity contribution in [1.82, 2.24) is 4.98 Å². The van der Waals surface area contributed by atoms with Gasteiger partial charge in [-0.3, -0.25) is 0 Å². The molecule has 0 aliphatic rings. The predicted molar refractivity (Wildman–Crippen MR) is 87.3 cm³/mol. The minimum atomic E-state index is 0.611. The van der Waals surface area contributed by atoms with Gasteiger partial charge in [-0.25, -0.2) is 4.98 Å². The molecule has 0 saturated carbocycles. The second-order valence-corrected chi connectivity index (χ2v) is 5.60. The smallest absolute Gasteiger partial charge is 0.161 e. The highest BCUT2D eigenvalue weighted by Gasteiger charge is 2.13. The van der Waals surface area contributed by atoms with Gasteiger partial charge in [-0.2, -0.15) is 12.6 Å². The van der Waals surface area contributed by atoms with Gasteiger partial charge < -0.3 is 9.47 Å². The van der Waals surface area contributed by atoms with E-state index in [2.05, 4.69) is 19.6 Å². The van der Waals surface area contributed by atoms with E-state index in [1.807, 2.05) is 25.1 Å². The van der Waals surface area contributed by atoms with Crippen molar-refractivity contribution in [2.75, 3.05) is 13.7 Å². The molecular weight excluding hydrogens is 290 g/mol. The molecule has 0 aliphatic carbocycles. The summed E-state index contributed by atoms with van der Waals surface area (Å²) >= 11 is 6.06. The summed E-state index contributed by atoms with van der Waals surface area (Å²) in [6, 6.07) is 5.93. The van der Waals surface area contributed by atoms with Crippen LogP contribution in [0.5, 0.6) is 11.5 Å². The molecule has 2 aromatic rings. The van der Waals surface area contributed by atoms with E-state index < -0.39 is 0 Å². The maximum absolute atomic E-state index is 5.62. The molecular formula is C15H19NO2S2. The quantitative estimate of drug-likeness (QED) is 0.811. The van der Waals surface area contributed by atoms with Crippen molar-refractivity contribution in [1.29, 1.82) is 0 Å². The summed E-state index contributed by atoms with van der Waals surface area (Å²) in [5.41, 5.74) is 2.19. The number of hydrogen-bond donors (Lipinski definition) is 1. The number of ether oxygens (including phenoxy) is 2. The van der Waals surface area contributed by atoms with Crippen molar-refractivity contribution in [3.8, 4) is 22.1 Å². The van der Waals surface area contributed by atoms with Crippen LogP contribution < -0.4 is 9.47 Å². The van der Waals surface area contributed by atoms with Crippen LogP contribution in [0.4, 0.5) is 0 Å². The number of rotatable bonds is 6. The molecule has 1 heterocycles. The Bertz CT molecular complexity index is 560. The minimum Gasteiger partial charge on any atom is -0.493 e. The van der Waals surface area contributed by atoms with E-state index >= 15 is 0 Å². The maximum atomic E-state index is 5.62. The third-order valence-electron chi connectivity index (χ3n) is 2.97. The van der Waals surface area contributed by atoms with Gasteiger partial charge in [0, 0.05) is 16.2 Å². The lowest BCUT2D eigenvalue weighted by molar-refractivity contribution is 0.311. The predicted octanol–water partition coefficient (Wildman–Crippen LogP) is 4.21. The Labute approximate surface area is 129 Å². The van der Waals surface area contributed by atoms with Gasteiger partial charge >= 0.3 is 0 Å². The van der Waals surface area contributed by atoms with Crippen molar-refractivity contribution >= 4 is 24.0 Å². The first-order valence-corrected chi connectivity index (χ1v) is 8.09. The lowest BCUT2D eigenvalue weighted by Crippen LogP contribution is -1.95. The molecule has 0 fully saturated rings. The number of nitrogens with zero attached hydrogens (tertiary/aromatic N) is 1. The van der Waals surface area contributed by atoms with E-state index in [-0.39, 0.29) is 0 Å². The summed E-state index contributed by atoms with van der Waals surface area (Å²) in [5.74, 6) is 2.24. The lowest BCUT2D eigenvalue weighted by atomic mass is 10.2. The molecule has 108 valence electrons. The molecule has 1 aromatic carbocycles. The Morgan fingerprint density at radius 1 is 1.25 bits per heavy atom. The second kappa shape index (κ2) is 6.99. The number of benzene rings is 1. The Morgan fingerprint density at radius 2 is 2.05 bits per heavy atom. The first kappa shape index (κ1) is 15.2. The highest BCUT2D eigenvalue weighted by atomic mass is 32.1. The van der Waals surface area contributed by atoms with E-state index in [1.54, 1.807) is 18.4 Å². The number of aryl methyl sites for hydroxylation is 1. The topological polar surface area (TPSA) is 31.4 Å². The Kier molecular flexibility index (Phi) is 5.31. The monoisotopic (exact) mass is 309 g/mol. The third kappa shape index (κ3) is 3.10. The minimum absolute atomic E-state index is 0.611. The summed E-state index contributed by atoms with van der Waals surface area (Å²) in [4.78, 5) is 5.94. The summed E-state index contributed by atoms with van der Waals surface area (Å²) in [6.07, 6.45) is 0.931. The molecule has 1 aromatic heterocycles. The van der Waals surface area contributed by atoms with Crippen molar-refractivity contribution < 1.29 is 9.47 Å². The van der Waals surface area contributed by atoms with Crippen LogP contribution >= 0.6 is 24.0 Å². The Balaban J connectivity index is 2.41. The van der Waals surface area contributed by atoms with Gasteiger partial charge in [-0.05, 0) is 31.5 Å². The van der Waals surface area contributed by atoms with Crippen molar-refractivity contribution in [2.45, 2.75) is 26.0 Å². The highest BCUT2D eigenvalue weighted by molar-refractivity contribution is 7.79. The number of thiol groups is 1. The van der Waals surface area contributed by atoms with Gasteiger partial charge in [-0.1, -0.05) is 6.92 Å². The zero-order valence-electron chi connectivity index (χ0n) is 12.0. The molecule has 20 heavy (non-hydrogen) atoms. The number of thiazole rings is 1. The molecule has 0 saturated heterocycles. The van der Waals surface area contributed by atoms with Crippen LogP contribution in [-0.4, -0.2) is 18.7 Å². The lowest BCUT2D eigenvalue weighted by Gasteiger charge is -2.10. The first-order chi connectivity index (χ1) is 9.73. The summed E-state index contributed by atoms with van der Waals surface area (Å²) in [5, 5.41) is 1.01. The van der Waals surface area contributed by atoms with Crippen molar-refractivity contribution in [2.24, 2.45) is 0 Å². The number of hydrogen-bond acceptors (Lipinski definition) is 5. The molecule has 0 aliphatic heterocycles. The fraction of sp³-hybridized carbons (Fsp3) is 0.400. The fourth-order valence-electron chi connectivity index (χ4n) is 1.98. The average molecular weight is 309 g/mol. The zero-order chi connectivity index (χ0) is 14.5. The van der Waals surface area contributed by atoms with Crippen LogP contribution in [0.3, 0.4) is 0 Å². The number of methoxy groups -OCH3 is 1. The van der Waals surface area contributed by atoms with E-state index in [9.17, 15) is 0 Å². The molecule has 0 N–H and O–H groups in total. The zero-order valence-corrected chi connectivity index (χ0v) is 13.7. The Morgan fingerprint density at radius 3 is 2.60 bits per heavy atom. The van der Waals surface area contributed by atoms with Gasteiger partial charge in [0.1, 0.15) is 5.01 Å². The van der Waals surface area contributed by atoms with Gasteiger partial charge in [0.05, 0.1) is 19.4 Å². The molecule has 0 bridgehead atoms. The van der Waals surface area contributed by atoms with Crippen molar-refractivity contribution in [3.63, 3.8) is 0 Å².